The standard InChI is InChI=1S/C10H16O/c1-8-4-6-10(7-5-8)9(2)11-3/h4,7,9H,5-6H2,1-3H3. The van der Waals surface area contributed by atoms with Crippen molar-refractivity contribution in [2.24, 2.45) is 0 Å². The van der Waals surface area contributed by atoms with Gasteiger partial charge in [-0.2, -0.15) is 0 Å². The zero-order valence-corrected chi connectivity index (χ0v) is 7.55. The summed E-state index contributed by atoms with van der Waals surface area (Å²) in [5.74, 6) is 0. The Bertz CT molecular complexity index is 189. The fraction of sp³-hybridized carbons (Fsp3) is 0.600. The highest BCUT2D eigenvalue weighted by Crippen LogP contribution is 2.20. The number of rotatable bonds is 2. The zero-order valence-electron chi connectivity index (χ0n) is 7.55. The van der Waals surface area contributed by atoms with Crippen LogP contribution >= 0.6 is 0 Å². The van der Waals surface area contributed by atoms with E-state index in [-0.39, 0.29) is 0 Å². The molecule has 0 spiro atoms. The van der Waals surface area contributed by atoms with Crippen LogP contribution in [0.3, 0.4) is 0 Å². The van der Waals surface area contributed by atoms with Crippen molar-refractivity contribution < 1.29 is 4.74 Å². The number of methoxy groups -OCH3 is 1. The summed E-state index contributed by atoms with van der Waals surface area (Å²) in [7, 11) is 1.76. The van der Waals surface area contributed by atoms with Gasteiger partial charge in [-0.3, -0.25) is 0 Å². The highest BCUT2D eigenvalue weighted by Gasteiger charge is 2.08. The predicted octanol–water partition coefficient (Wildman–Crippen LogP) is 2.69. The van der Waals surface area contributed by atoms with Crippen LogP contribution in [0.1, 0.15) is 26.7 Å². The summed E-state index contributed by atoms with van der Waals surface area (Å²) in [6.45, 7) is 4.27. The second-order valence-electron chi connectivity index (χ2n) is 3.12. The van der Waals surface area contributed by atoms with Crippen molar-refractivity contribution >= 4 is 0 Å². The van der Waals surface area contributed by atoms with Crippen LogP contribution in [0, 0.1) is 0 Å². The molecular formula is C10H16O. The average Bonchev–Trinajstić information content (AvgIpc) is 2.05. The molecular weight excluding hydrogens is 136 g/mol. The van der Waals surface area contributed by atoms with Gasteiger partial charge in [0.15, 0.2) is 0 Å². The van der Waals surface area contributed by atoms with E-state index >= 15 is 0 Å². The van der Waals surface area contributed by atoms with E-state index in [1.54, 1.807) is 7.11 Å². The van der Waals surface area contributed by atoms with Gasteiger partial charge in [0.1, 0.15) is 0 Å². The third-order valence-electron chi connectivity index (χ3n) is 2.25. The topological polar surface area (TPSA) is 9.23 Å². The fourth-order valence-corrected chi connectivity index (χ4v) is 1.23. The minimum Gasteiger partial charge on any atom is -0.377 e. The largest absolute Gasteiger partial charge is 0.377 e. The summed E-state index contributed by atoms with van der Waals surface area (Å²) in [5, 5.41) is 0. The zero-order chi connectivity index (χ0) is 8.27. The maximum atomic E-state index is 5.23. The summed E-state index contributed by atoms with van der Waals surface area (Å²) in [5.41, 5.74) is 2.88. The van der Waals surface area contributed by atoms with Crippen LogP contribution in [0.2, 0.25) is 0 Å². The van der Waals surface area contributed by atoms with Crippen molar-refractivity contribution in [1.82, 2.24) is 0 Å². The van der Waals surface area contributed by atoms with Crippen LogP contribution < -0.4 is 0 Å². The lowest BCUT2D eigenvalue weighted by Crippen LogP contribution is -2.09. The molecule has 1 aliphatic rings. The van der Waals surface area contributed by atoms with Gasteiger partial charge in [0.05, 0.1) is 6.10 Å². The second kappa shape index (κ2) is 3.72. The number of ether oxygens (including phenoxy) is 1. The van der Waals surface area contributed by atoms with Gasteiger partial charge in [-0.25, -0.2) is 0 Å². The van der Waals surface area contributed by atoms with E-state index in [4.69, 9.17) is 4.74 Å². The normalized spacial score (nSPS) is 20.6. The summed E-state index contributed by atoms with van der Waals surface area (Å²) in [6, 6.07) is 0. The van der Waals surface area contributed by atoms with Crippen molar-refractivity contribution in [1.29, 1.82) is 0 Å². The first-order chi connectivity index (χ1) is 5.24. The summed E-state index contributed by atoms with van der Waals surface area (Å²) >= 11 is 0. The van der Waals surface area contributed by atoms with Crippen LogP contribution in [0.25, 0.3) is 0 Å². The van der Waals surface area contributed by atoms with Gasteiger partial charge in [-0.15, -0.1) is 0 Å². The Labute approximate surface area is 68.8 Å². The Kier molecular flexibility index (Phi) is 2.89. The minimum atomic E-state index is 0.291. The average molecular weight is 152 g/mol. The molecule has 0 saturated heterocycles. The Morgan fingerprint density at radius 1 is 1.36 bits per heavy atom. The monoisotopic (exact) mass is 152 g/mol. The molecule has 11 heavy (non-hydrogen) atoms. The van der Waals surface area contributed by atoms with Crippen LogP contribution in [-0.2, 0) is 4.74 Å². The summed E-state index contributed by atoms with van der Waals surface area (Å²) < 4.78 is 5.23. The molecule has 0 saturated carbocycles. The third kappa shape index (κ3) is 2.19. The molecule has 1 nitrogen and oxygen atoms in total. The first-order valence-corrected chi connectivity index (χ1v) is 4.11. The second-order valence-corrected chi connectivity index (χ2v) is 3.12. The Morgan fingerprint density at radius 2 is 2.09 bits per heavy atom. The van der Waals surface area contributed by atoms with Crippen molar-refractivity contribution in [2.75, 3.05) is 7.11 Å². The van der Waals surface area contributed by atoms with E-state index in [2.05, 4.69) is 26.0 Å². The van der Waals surface area contributed by atoms with E-state index in [0.29, 0.717) is 6.10 Å². The highest BCUT2D eigenvalue weighted by atomic mass is 16.5. The van der Waals surface area contributed by atoms with Gasteiger partial charge in [-0.05, 0) is 32.3 Å². The molecule has 1 atom stereocenters. The van der Waals surface area contributed by atoms with E-state index in [0.717, 1.165) is 12.8 Å². The molecule has 0 aliphatic heterocycles. The molecule has 0 aromatic heterocycles. The summed E-state index contributed by atoms with van der Waals surface area (Å²) in [6.07, 6.45) is 7.03. The number of hydrogen-bond donors (Lipinski definition) is 0. The SMILES string of the molecule is COC(C)C1=CCC(C)=CC1. The number of allylic oxidation sites excluding steroid dienone is 3. The van der Waals surface area contributed by atoms with E-state index in [9.17, 15) is 0 Å². The molecule has 0 bridgehead atoms. The number of hydrogen-bond acceptors (Lipinski definition) is 1. The van der Waals surface area contributed by atoms with Crippen LogP contribution in [0.5, 0.6) is 0 Å². The molecule has 0 heterocycles. The molecule has 62 valence electrons. The van der Waals surface area contributed by atoms with Crippen molar-refractivity contribution in [2.45, 2.75) is 32.8 Å². The van der Waals surface area contributed by atoms with Crippen molar-refractivity contribution in [3.8, 4) is 0 Å². The Balaban J connectivity index is 2.51. The Morgan fingerprint density at radius 3 is 2.55 bits per heavy atom. The van der Waals surface area contributed by atoms with E-state index in [1.165, 1.54) is 11.1 Å². The van der Waals surface area contributed by atoms with Crippen LogP contribution in [0.15, 0.2) is 23.3 Å². The molecule has 1 aliphatic carbocycles. The molecule has 1 heteroatoms. The quantitative estimate of drug-likeness (QED) is 0.553. The van der Waals surface area contributed by atoms with Crippen LogP contribution in [0.4, 0.5) is 0 Å². The molecule has 0 aromatic rings. The van der Waals surface area contributed by atoms with Crippen LogP contribution in [-0.4, -0.2) is 13.2 Å². The highest BCUT2D eigenvalue weighted by molar-refractivity contribution is 5.22. The maximum absolute atomic E-state index is 5.23. The van der Waals surface area contributed by atoms with Gasteiger partial charge >= 0.3 is 0 Å². The van der Waals surface area contributed by atoms with Gasteiger partial charge in [0.25, 0.3) is 0 Å². The van der Waals surface area contributed by atoms with E-state index < -0.39 is 0 Å². The fourth-order valence-electron chi connectivity index (χ4n) is 1.23. The van der Waals surface area contributed by atoms with Gasteiger partial charge in [-0.1, -0.05) is 17.7 Å². The molecule has 1 rings (SSSR count). The summed E-state index contributed by atoms with van der Waals surface area (Å²) in [4.78, 5) is 0. The van der Waals surface area contributed by atoms with E-state index in [1.807, 2.05) is 0 Å². The third-order valence-corrected chi connectivity index (χ3v) is 2.25. The molecule has 1 unspecified atom stereocenters. The minimum absolute atomic E-state index is 0.291. The molecule has 0 N–H and O–H groups in total. The lowest BCUT2D eigenvalue weighted by Gasteiger charge is -2.16. The molecule has 0 aromatic carbocycles. The molecule has 0 fully saturated rings. The van der Waals surface area contributed by atoms with Crippen molar-refractivity contribution in [3.63, 3.8) is 0 Å². The lowest BCUT2D eigenvalue weighted by atomic mass is 9.97. The van der Waals surface area contributed by atoms with Crippen molar-refractivity contribution in [3.05, 3.63) is 23.3 Å². The predicted molar refractivity (Wildman–Crippen MR) is 47.5 cm³/mol. The smallest absolute Gasteiger partial charge is 0.0756 e. The molecule has 0 radical (unpaired) electrons. The van der Waals surface area contributed by atoms with Gasteiger partial charge in [0, 0.05) is 7.11 Å². The first-order valence-electron chi connectivity index (χ1n) is 4.11. The maximum Gasteiger partial charge on any atom is 0.0756 e. The van der Waals surface area contributed by atoms with Gasteiger partial charge in [0.2, 0.25) is 0 Å². The molecule has 0 amide bonds. The lowest BCUT2D eigenvalue weighted by molar-refractivity contribution is 0.144. The Hall–Kier alpha value is -0.560. The first kappa shape index (κ1) is 8.54. The van der Waals surface area contributed by atoms with Gasteiger partial charge < -0.3 is 4.74 Å².